The first-order chi connectivity index (χ1) is 8.51. The summed E-state index contributed by atoms with van der Waals surface area (Å²) < 4.78 is 19.5. The van der Waals surface area contributed by atoms with Crippen LogP contribution in [0.3, 0.4) is 0 Å². The number of halogens is 2. The molecule has 1 saturated heterocycles. The van der Waals surface area contributed by atoms with E-state index in [0.717, 1.165) is 0 Å². The molecule has 98 valence electrons. The van der Waals surface area contributed by atoms with Gasteiger partial charge in [-0.2, -0.15) is 0 Å². The Bertz CT molecular complexity index is 458. The maximum atomic E-state index is 13.6. The Balaban J connectivity index is 2.11. The van der Waals surface area contributed by atoms with E-state index in [-0.39, 0.29) is 11.6 Å². The van der Waals surface area contributed by atoms with Crippen LogP contribution >= 0.6 is 15.9 Å². The zero-order valence-electron chi connectivity index (χ0n) is 10.1. The molecule has 3 nitrogen and oxygen atoms in total. The van der Waals surface area contributed by atoms with E-state index in [0.29, 0.717) is 30.5 Å². The number of nitrogens with one attached hydrogen (secondary N) is 1. The summed E-state index contributed by atoms with van der Waals surface area (Å²) in [6.45, 7) is 3.04. The Morgan fingerprint density at radius 3 is 2.72 bits per heavy atom. The molecule has 0 unspecified atom stereocenters. The van der Waals surface area contributed by atoms with Crippen molar-refractivity contribution in [2.75, 3.05) is 18.5 Å². The van der Waals surface area contributed by atoms with Crippen LogP contribution in [0.2, 0.25) is 0 Å². The number of carbonyl (C=O) groups is 1. The van der Waals surface area contributed by atoms with Crippen LogP contribution in [-0.4, -0.2) is 19.1 Å². The lowest BCUT2D eigenvalue weighted by Crippen LogP contribution is -2.38. The van der Waals surface area contributed by atoms with Gasteiger partial charge in [0.25, 0.3) is 0 Å². The predicted octanol–water partition coefficient (Wildman–Crippen LogP) is 3.34. The Labute approximate surface area is 114 Å². The van der Waals surface area contributed by atoms with E-state index in [1.165, 1.54) is 6.07 Å². The molecule has 1 aliphatic rings. The minimum atomic E-state index is -0.474. The summed E-state index contributed by atoms with van der Waals surface area (Å²) in [5, 5.41) is 2.66. The van der Waals surface area contributed by atoms with Crippen LogP contribution in [0.5, 0.6) is 0 Å². The first-order valence-electron chi connectivity index (χ1n) is 5.85. The van der Waals surface area contributed by atoms with Crippen molar-refractivity contribution in [2.24, 2.45) is 5.41 Å². The van der Waals surface area contributed by atoms with Gasteiger partial charge in [-0.1, -0.05) is 22.9 Å². The van der Waals surface area contributed by atoms with Crippen molar-refractivity contribution < 1.29 is 13.9 Å². The molecule has 0 atom stereocenters. The van der Waals surface area contributed by atoms with Crippen molar-refractivity contribution in [1.82, 2.24) is 0 Å². The molecule has 18 heavy (non-hydrogen) atoms. The molecule has 0 aliphatic carbocycles. The van der Waals surface area contributed by atoms with Gasteiger partial charge in [0.2, 0.25) is 5.91 Å². The quantitative estimate of drug-likeness (QED) is 0.909. The van der Waals surface area contributed by atoms with Gasteiger partial charge in [0.15, 0.2) is 0 Å². The van der Waals surface area contributed by atoms with Crippen LogP contribution in [0.25, 0.3) is 0 Å². The van der Waals surface area contributed by atoms with Crippen molar-refractivity contribution >= 4 is 27.5 Å². The molecule has 0 saturated carbocycles. The molecular weight excluding hydrogens is 301 g/mol. The largest absolute Gasteiger partial charge is 0.381 e. The lowest BCUT2D eigenvalue weighted by atomic mass is 9.81. The topological polar surface area (TPSA) is 38.3 Å². The minimum absolute atomic E-state index is 0.146. The van der Waals surface area contributed by atoms with Gasteiger partial charge in [0.05, 0.1) is 11.1 Å². The predicted molar refractivity (Wildman–Crippen MR) is 70.9 cm³/mol. The molecule has 1 aromatic rings. The number of amides is 1. The van der Waals surface area contributed by atoms with E-state index in [4.69, 9.17) is 4.74 Å². The molecule has 1 aromatic carbocycles. The zero-order chi connectivity index (χ0) is 13.2. The van der Waals surface area contributed by atoms with Gasteiger partial charge < -0.3 is 10.1 Å². The van der Waals surface area contributed by atoms with E-state index < -0.39 is 11.2 Å². The Morgan fingerprint density at radius 1 is 1.44 bits per heavy atom. The van der Waals surface area contributed by atoms with Crippen molar-refractivity contribution in [3.05, 3.63) is 28.5 Å². The molecule has 1 fully saturated rings. The maximum Gasteiger partial charge on any atom is 0.230 e. The smallest absolute Gasteiger partial charge is 0.230 e. The standard InChI is InChI=1S/C13H15BrFNO2/c1-13(4-6-18-7-5-13)12(17)16-11-3-2-9(14)8-10(11)15/h2-3,8H,4-7H2,1H3,(H,16,17). The molecule has 5 heteroatoms. The summed E-state index contributed by atoms with van der Waals surface area (Å²) >= 11 is 3.18. The van der Waals surface area contributed by atoms with Crippen molar-refractivity contribution in [2.45, 2.75) is 19.8 Å². The molecule has 2 rings (SSSR count). The van der Waals surface area contributed by atoms with Gasteiger partial charge in [0, 0.05) is 17.7 Å². The SMILES string of the molecule is CC1(C(=O)Nc2ccc(Br)cc2F)CCOCC1. The van der Waals surface area contributed by atoms with Crippen molar-refractivity contribution in [3.8, 4) is 0 Å². The number of ether oxygens (including phenoxy) is 1. The first-order valence-corrected chi connectivity index (χ1v) is 6.65. The third kappa shape index (κ3) is 2.90. The van der Waals surface area contributed by atoms with Gasteiger partial charge in [-0.15, -0.1) is 0 Å². The average molecular weight is 316 g/mol. The number of benzene rings is 1. The van der Waals surface area contributed by atoms with Gasteiger partial charge in [-0.25, -0.2) is 4.39 Å². The third-order valence-corrected chi connectivity index (χ3v) is 3.82. The second-order valence-corrected chi connectivity index (χ2v) is 5.67. The highest BCUT2D eigenvalue weighted by Crippen LogP contribution is 2.31. The highest BCUT2D eigenvalue weighted by Gasteiger charge is 2.35. The number of hydrogen-bond acceptors (Lipinski definition) is 2. The van der Waals surface area contributed by atoms with Gasteiger partial charge >= 0.3 is 0 Å². The minimum Gasteiger partial charge on any atom is -0.381 e. The zero-order valence-corrected chi connectivity index (χ0v) is 11.7. The molecule has 1 amide bonds. The van der Waals surface area contributed by atoms with Crippen molar-refractivity contribution in [3.63, 3.8) is 0 Å². The van der Waals surface area contributed by atoms with E-state index >= 15 is 0 Å². The number of carbonyl (C=O) groups excluding carboxylic acids is 1. The number of anilines is 1. The van der Waals surface area contributed by atoms with Crippen LogP contribution in [0.15, 0.2) is 22.7 Å². The second-order valence-electron chi connectivity index (χ2n) is 4.75. The van der Waals surface area contributed by atoms with E-state index in [9.17, 15) is 9.18 Å². The number of rotatable bonds is 2. The van der Waals surface area contributed by atoms with Gasteiger partial charge in [-0.05, 0) is 31.0 Å². The van der Waals surface area contributed by atoms with Crippen LogP contribution in [-0.2, 0) is 9.53 Å². The average Bonchev–Trinajstić information content (AvgIpc) is 2.33. The van der Waals surface area contributed by atoms with E-state index in [1.54, 1.807) is 12.1 Å². The summed E-state index contributed by atoms with van der Waals surface area (Å²) in [5.74, 6) is -0.583. The molecule has 0 spiro atoms. The van der Waals surface area contributed by atoms with Crippen LogP contribution < -0.4 is 5.32 Å². The molecule has 0 radical (unpaired) electrons. The molecule has 0 bridgehead atoms. The van der Waals surface area contributed by atoms with Crippen LogP contribution in [0.4, 0.5) is 10.1 Å². The van der Waals surface area contributed by atoms with E-state index in [2.05, 4.69) is 21.2 Å². The van der Waals surface area contributed by atoms with Crippen LogP contribution in [0, 0.1) is 11.2 Å². The normalized spacial score (nSPS) is 18.4. The summed E-state index contributed by atoms with van der Waals surface area (Å²) in [5.41, 5.74) is -0.256. The summed E-state index contributed by atoms with van der Waals surface area (Å²) in [4.78, 5) is 12.2. The lowest BCUT2D eigenvalue weighted by Gasteiger charge is -2.32. The highest BCUT2D eigenvalue weighted by atomic mass is 79.9. The third-order valence-electron chi connectivity index (χ3n) is 3.32. The maximum absolute atomic E-state index is 13.6. The molecule has 1 N–H and O–H groups in total. The first kappa shape index (κ1) is 13.5. The summed E-state index contributed by atoms with van der Waals surface area (Å²) in [6.07, 6.45) is 1.33. The Hall–Kier alpha value is -0.940. The fourth-order valence-electron chi connectivity index (χ4n) is 1.91. The monoisotopic (exact) mass is 315 g/mol. The molecule has 1 heterocycles. The second kappa shape index (κ2) is 5.36. The summed E-state index contributed by atoms with van der Waals surface area (Å²) in [7, 11) is 0. The van der Waals surface area contributed by atoms with Crippen molar-refractivity contribution in [1.29, 1.82) is 0 Å². The molecule has 1 aliphatic heterocycles. The van der Waals surface area contributed by atoms with Gasteiger partial charge in [0.1, 0.15) is 5.82 Å². The Morgan fingerprint density at radius 2 is 2.11 bits per heavy atom. The summed E-state index contributed by atoms with van der Waals surface area (Å²) in [6, 6.07) is 4.59. The van der Waals surface area contributed by atoms with Gasteiger partial charge in [-0.3, -0.25) is 4.79 Å². The number of hydrogen-bond donors (Lipinski definition) is 1. The van der Waals surface area contributed by atoms with Crippen LogP contribution in [0.1, 0.15) is 19.8 Å². The lowest BCUT2D eigenvalue weighted by molar-refractivity contribution is -0.129. The Kier molecular flexibility index (Phi) is 4.02. The molecular formula is C13H15BrFNO2. The molecule has 0 aromatic heterocycles. The fourth-order valence-corrected chi connectivity index (χ4v) is 2.25. The van der Waals surface area contributed by atoms with E-state index in [1.807, 2.05) is 6.92 Å². The highest BCUT2D eigenvalue weighted by molar-refractivity contribution is 9.10. The fraction of sp³-hybridized carbons (Fsp3) is 0.462.